The van der Waals surface area contributed by atoms with Crippen molar-refractivity contribution in [1.82, 2.24) is 10.1 Å². The Kier molecular flexibility index (Phi) is 7.09. The van der Waals surface area contributed by atoms with Crippen LogP contribution in [0.2, 0.25) is 15.1 Å². The lowest BCUT2D eigenvalue weighted by atomic mass is 10.2. The van der Waals surface area contributed by atoms with Gasteiger partial charge in [0.25, 0.3) is 5.91 Å². The fourth-order valence-electron chi connectivity index (χ4n) is 2.33. The second-order valence-corrected chi connectivity index (χ2v) is 7.08. The molecule has 1 aromatic heterocycles. The number of nitrogens with zero attached hydrogens (tertiary/aromatic N) is 2. The van der Waals surface area contributed by atoms with Gasteiger partial charge in [-0.2, -0.15) is 4.98 Å². The van der Waals surface area contributed by atoms with Crippen LogP contribution in [0.3, 0.4) is 0 Å². The van der Waals surface area contributed by atoms with Crippen molar-refractivity contribution in [1.29, 1.82) is 0 Å². The molecule has 0 unspecified atom stereocenters. The van der Waals surface area contributed by atoms with E-state index in [-0.39, 0.29) is 28.6 Å². The molecule has 0 aliphatic heterocycles. The summed E-state index contributed by atoms with van der Waals surface area (Å²) in [5, 5.41) is 7.03. The van der Waals surface area contributed by atoms with Crippen LogP contribution in [0.5, 0.6) is 0 Å². The highest BCUT2D eigenvalue weighted by Gasteiger charge is 2.15. The molecule has 3 rings (SSSR count). The van der Waals surface area contributed by atoms with Crippen LogP contribution < -0.4 is 5.32 Å². The first-order valence-electron chi connectivity index (χ1n) is 8.40. The number of aromatic nitrogens is 2. The molecule has 0 bridgehead atoms. The average Bonchev–Trinajstić information content (AvgIpc) is 3.17. The molecular weight excluding hydrogens is 441 g/mol. The van der Waals surface area contributed by atoms with Crippen molar-refractivity contribution in [3.05, 3.63) is 63.4 Å². The standard InChI is InChI=1S/C19H14Cl3N3O4/c20-12-8-13(21)18(14(22)9-12)23-15(26)10-28-17(27)7-6-16-24-19(25-29-16)11-4-2-1-3-5-11/h1-5,8-9H,6-7,10H2,(H,23,26). The maximum atomic E-state index is 12.0. The summed E-state index contributed by atoms with van der Waals surface area (Å²) in [6.07, 6.45) is 0.168. The van der Waals surface area contributed by atoms with E-state index in [1.807, 2.05) is 30.3 Å². The van der Waals surface area contributed by atoms with Crippen LogP contribution >= 0.6 is 34.8 Å². The van der Waals surface area contributed by atoms with Crippen LogP contribution in [0.4, 0.5) is 5.69 Å². The molecule has 3 aromatic rings. The molecule has 7 nitrogen and oxygen atoms in total. The maximum Gasteiger partial charge on any atom is 0.306 e. The highest BCUT2D eigenvalue weighted by molar-refractivity contribution is 6.42. The number of rotatable bonds is 7. The number of amides is 1. The van der Waals surface area contributed by atoms with Crippen LogP contribution in [0.15, 0.2) is 47.0 Å². The number of hydrogen-bond acceptors (Lipinski definition) is 6. The number of benzene rings is 2. The minimum Gasteiger partial charge on any atom is -0.456 e. The Hall–Kier alpha value is -2.61. The predicted molar refractivity (Wildman–Crippen MR) is 109 cm³/mol. The van der Waals surface area contributed by atoms with Gasteiger partial charge >= 0.3 is 5.97 Å². The normalized spacial score (nSPS) is 10.6. The van der Waals surface area contributed by atoms with Crippen LogP contribution in [0.25, 0.3) is 11.4 Å². The summed E-state index contributed by atoms with van der Waals surface area (Å²) in [4.78, 5) is 28.1. The van der Waals surface area contributed by atoms with Gasteiger partial charge in [0.1, 0.15) is 0 Å². The van der Waals surface area contributed by atoms with Gasteiger partial charge in [0, 0.05) is 17.0 Å². The number of aryl methyl sites for hydroxylation is 1. The van der Waals surface area contributed by atoms with Crippen LogP contribution in [-0.4, -0.2) is 28.6 Å². The number of esters is 1. The van der Waals surface area contributed by atoms with Gasteiger partial charge in [-0.1, -0.05) is 70.3 Å². The summed E-state index contributed by atoms with van der Waals surface area (Å²) in [5.41, 5.74) is 0.999. The fourth-order valence-corrected chi connectivity index (χ4v) is 3.24. The lowest BCUT2D eigenvalue weighted by molar-refractivity contribution is -0.147. The minimum absolute atomic E-state index is 0.0217. The Labute approximate surface area is 180 Å². The fraction of sp³-hybridized carbons (Fsp3) is 0.158. The zero-order valence-electron chi connectivity index (χ0n) is 14.8. The number of nitrogens with one attached hydrogen (secondary N) is 1. The number of carbonyl (C=O) groups excluding carboxylic acids is 2. The van der Waals surface area contributed by atoms with Crippen LogP contribution in [0, 0.1) is 0 Å². The van der Waals surface area contributed by atoms with Crippen LogP contribution in [-0.2, 0) is 20.7 Å². The summed E-state index contributed by atoms with van der Waals surface area (Å²) >= 11 is 17.8. The van der Waals surface area contributed by atoms with E-state index in [1.54, 1.807) is 0 Å². The first kappa shape index (κ1) is 21.1. The molecule has 0 atom stereocenters. The van der Waals surface area contributed by atoms with E-state index in [1.165, 1.54) is 12.1 Å². The first-order chi connectivity index (χ1) is 13.9. The van der Waals surface area contributed by atoms with E-state index < -0.39 is 18.5 Å². The average molecular weight is 455 g/mol. The van der Waals surface area contributed by atoms with Crippen molar-refractivity contribution < 1.29 is 18.8 Å². The molecular formula is C19H14Cl3N3O4. The van der Waals surface area contributed by atoms with E-state index in [0.717, 1.165) is 5.56 Å². The molecule has 0 saturated heterocycles. The van der Waals surface area contributed by atoms with Gasteiger partial charge in [0.05, 0.1) is 22.2 Å². The smallest absolute Gasteiger partial charge is 0.306 e. The molecule has 0 aliphatic carbocycles. The number of anilines is 1. The predicted octanol–water partition coefficient (Wildman–Crippen LogP) is 4.81. The Morgan fingerprint density at radius 1 is 1.07 bits per heavy atom. The van der Waals surface area contributed by atoms with Crippen molar-refractivity contribution >= 4 is 52.4 Å². The lowest BCUT2D eigenvalue weighted by Crippen LogP contribution is -2.21. The summed E-state index contributed by atoms with van der Waals surface area (Å²) in [6.45, 7) is -0.493. The van der Waals surface area contributed by atoms with Gasteiger partial charge in [0.2, 0.25) is 11.7 Å². The van der Waals surface area contributed by atoms with Crippen molar-refractivity contribution in [3.8, 4) is 11.4 Å². The molecule has 1 N–H and O–H groups in total. The third-order valence-corrected chi connectivity index (χ3v) is 4.49. The SMILES string of the molecule is O=C(COC(=O)CCc1nc(-c2ccccc2)no1)Nc1c(Cl)cc(Cl)cc1Cl. The highest BCUT2D eigenvalue weighted by Crippen LogP contribution is 2.33. The number of halogens is 3. The maximum absolute atomic E-state index is 12.0. The van der Waals surface area contributed by atoms with Crippen molar-refractivity contribution in [3.63, 3.8) is 0 Å². The molecule has 1 amide bonds. The van der Waals surface area contributed by atoms with Crippen LogP contribution in [0.1, 0.15) is 12.3 Å². The molecule has 0 radical (unpaired) electrons. The molecule has 0 saturated carbocycles. The Bertz CT molecular complexity index is 1000. The molecule has 150 valence electrons. The quantitative estimate of drug-likeness (QED) is 0.515. The van der Waals surface area contributed by atoms with Gasteiger partial charge in [0.15, 0.2) is 6.61 Å². The zero-order chi connectivity index (χ0) is 20.8. The monoisotopic (exact) mass is 453 g/mol. The third-order valence-electron chi connectivity index (χ3n) is 3.68. The number of ether oxygens (including phenoxy) is 1. The molecule has 10 heteroatoms. The minimum atomic E-state index is -0.590. The van der Waals surface area contributed by atoms with Gasteiger partial charge in [-0.3, -0.25) is 9.59 Å². The molecule has 29 heavy (non-hydrogen) atoms. The van der Waals surface area contributed by atoms with Crippen molar-refractivity contribution in [2.45, 2.75) is 12.8 Å². The Morgan fingerprint density at radius 3 is 2.45 bits per heavy atom. The topological polar surface area (TPSA) is 94.3 Å². The molecule has 0 fully saturated rings. The van der Waals surface area contributed by atoms with Gasteiger partial charge in [-0.05, 0) is 12.1 Å². The van der Waals surface area contributed by atoms with E-state index in [0.29, 0.717) is 16.7 Å². The largest absolute Gasteiger partial charge is 0.456 e. The molecule has 0 aliphatic rings. The van der Waals surface area contributed by atoms with Gasteiger partial charge in [-0.25, -0.2) is 0 Å². The zero-order valence-corrected chi connectivity index (χ0v) is 17.1. The van der Waals surface area contributed by atoms with Gasteiger partial charge < -0.3 is 14.6 Å². The van der Waals surface area contributed by atoms with E-state index >= 15 is 0 Å². The van der Waals surface area contributed by atoms with Crippen molar-refractivity contribution in [2.75, 3.05) is 11.9 Å². The lowest BCUT2D eigenvalue weighted by Gasteiger charge is -2.10. The Morgan fingerprint density at radius 2 is 1.76 bits per heavy atom. The highest BCUT2D eigenvalue weighted by atomic mass is 35.5. The summed E-state index contributed by atoms with van der Waals surface area (Å²) in [5.74, 6) is -0.448. The second-order valence-electron chi connectivity index (χ2n) is 5.83. The van der Waals surface area contributed by atoms with E-state index in [4.69, 9.17) is 44.1 Å². The number of carbonyl (C=O) groups is 2. The van der Waals surface area contributed by atoms with Gasteiger partial charge in [-0.15, -0.1) is 0 Å². The number of hydrogen-bond donors (Lipinski definition) is 1. The van der Waals surface area contributed by atoms with E-state index in [9.17, 15) is 9.59 Å². The third kappa shape index (κ3) is 5.93. The molecule has 0 spiro atoms. The summed E-state index contributed by atoms with van der Waals surface area (Å²) < 4.78 is 10.1. The summed E-state index contributed by atoms with van der Waals surface area (Å²) in [6, 6.07) is 12.2. The van der Waals surface area contributed by atoms with Crippen molar-refractivity contribution in [2.24, 2.45) is 0 Å². The molecule has 1 heterocycles. The first-order valence-corrected chi connectivity index (χ1v) is 9.54. The van der Waals surface area contributed by atoms with E-state index in [2.05, 4.69) is 15.5 Å². The second kappa shape index (κ2) is 9.73. The summed E-state index contributed by atoms with van der Waals surface area (Å²) in [7, 11) is 0. The Balaban J connectivity index is 1.46. The molecule has 2 aromatic carbocycles.